The predicted octanol–water partition coefficient (Wildman–Crippen LogP) is 4.78. The lowest BCUT2D eigenvalue weighted by Gasteiger charge is -2.18. The zero-order chi connectivity index (χ0) is 12.4. The van der Waals surface area contributed by atoms with Gasteiger partial charge in [-0.3, -0.25) is 0 Å². The molecule has 0 aromatic rings. The molecule has 0 aliphatic rings. The van der Waals surface area contributed by atoms with Gasteiger partial charge >= 0.3 is 0 Å². The molecule has 0 bridgehead atoms. The van der Waals surface area contributed by atoms with Crippen LogP contribution < -0.4 is 0 Å². The van der Waals surface area contributed by atoms with Crippen LogP contribution >= 0.6 is 0 Å². The highest BCUT2D eigenvalue weighted by atomic mass is 16.3. The number of rotatable bonds is 10. The van der Waals surface area contributed by atoms with Crippen molar-refractivity contribution >= 4 is 0 Å². The van der Waals surface area contributed by atoms with Gasteiger partial charge in [0.25, 0.3) is 0 Å². The zero-order valence-corrected chi connectivity index (χ0v) is 11.8. The van der Waals surface area contributed by atoms with Crippen molar-refractivity contribution in [1.29, 1.82) is 0 Å². The first-order chi connectivity index (χ1) is 7.60. The standard InChI is InChI=1S/C15H32O/c1-5-7-8-9-14(6-2)10-11-15(16)12-13(3)4/h13-16H,5-12H2,1-4H3. The van der Waals surface area contributed by atoms with Gasteiger partial charge in [-0.15, -0.1) is 0 Å². The molecule has 16 heavy (non-hydrogen) atoms. The molecule has 98 valence electrons. The molecule has 0 amide bonds. The van der Waals surface area contributed by atoms with Crippen LogP contribution in [0, 0.1) is 11.8 Å². The van der Waals surface area contributed by atoms with Crippen LogP contribution in [0.4, 0.5) is 0 Å². The monoisotopic (exact) mass is 228 g/mol. The molecule has 0 spiro atoms. The van der Waals surface area contributed by atoms with Gasteiger partial charge < -0.3 is 5.11 Å². The number of aliphatic hydroxyl groups excluding tert-OH is 1. The Labute approximate surface area is 103 Å². The van der Waals surface area contributed by atoms with Crippen molar-refractivity contribution in [2.45, 2.75) is 85.2 Å². The molecule has 0 heterocycles. The van der Waals surface area contributed by atoms with Gasteiger partial charge in [0.1, 0.15) is 0 Å². The Hall–Kier alpha value is -0.0400. The highest BCUT2D eigenvalue weighted by Gasteiger charge is 2.11. The summed E-state index contributed by atoms with van der Waals surface area (Å²) in [5, 5.41) is 9.84. The molecule has 0 aromatic heterocycles. The molecule has 1 nitrogen and oxygen atoms in total. The van der Waals surface area contributed by atoms with Gasteiger partial charge in [0, 0.05) is 0 Å². The average molecular weight is 228 g/mol. The van der Waals surface area contributed by atoms with Crippen LogP contribution in [0.25, 0.3) is 0 Å². The lowest BCUT2D eigenvalue weighted by Crippen LogP contribution is -2.12. The number of hydrogen-bond donors (Lipinski definition) is 1. The molecule has 0 aliphatic heterocycles. The Kier molecular flexibility index (Phi) is 10.1. The molecular weight excluding hydrogens is 196 g/mol. The van der Waals surface area contributed by atoms with Gasteiger partial charge in [-0.05, 0) is 31.1 Å². The van der Waals surface area contributed by atoms with Gasteiger partial charge in [0.05, 0.1) is 6.10 Å². The lowest BCUT2D eigenvalue weighted by molar-refractivity contribution is 0.129. The van der Waals surface area contributed by atoms with Gasteiger partial charge in [-0.1, -0.05) is 59.8 Å². The molecule has 1 heteroatoms. The molecule has 0 aliphatic carbocycles. The summed E-state index contributed by atoms with van der Waals surface area (Å²) in [7, 11) is 0. The fourth-order valence-electron chi connectivity index (χ4n) is 2.33. The minimum absolute atomic E-state index is 0.0692. The largest absolute Gasteiger partial charge is 0.393 e. The average Bonchev–Trinajstić information content (AvgIpc) is 2.22. The third-order valence-electron chi connectivity index (χ3n) is 3.44. The maximum absolute atomic E-state index is 9.84. The van der Waals surface area contributed by atoms with E-state index in [0.717, 1.165) is 18.8 Å². The fraction of sp³-hybridized carbons (Fsp3) is 1.00. The molecule has 1 N–H and O–H groups in total. The SMILES string of the molecule is CCCCCC(CC)CCC(O)CC(C)C. The quantitative estimate of drug-likeness (QED) is 0.533. The lowest BCUT2D eigenvalue weighted by atomic mass is 9.91. The molecule has 0 aromatic carbocycles. The zero-order valence-electron chi connectivity index (χ0n) is 11.8. The summed E-state index contributed by atoms with van der Waals surface area (Å²) in [6.07, 6.45) is 9.80. The topological polar surface area (TPSA) is 20.2 Å². The van der Waals surface area contributed by atoms with E-state index in [2.05, 4.69) is 27.7 Å². The number of hydrogen-bond acceptors (Lipinski definition) is 1. The van der Waals surface area contributed by atoms with Crippen molar-refractivity contribution in [1.82, 2.24) is 0 Å². The van der Waals surface area contributed by atoms with Gasteiger partial charge in [0.2, 0.25) is 0 Å². The molecule has 0 rings (SSSR count). The number of aliphatic hydroxyl groups is 1. The first-order valence-corrected chi connectivity index (χ1v) is 7.28. The van der Waals surface area contributed by atoms with E-state index >= 15 is 0 Å². The minimum atomic E-state index is -0.0692. The summed E-state index contributed by atoms with van der Waals surface area (Å²) in [4.78, 5) is 0. The maximum atomic E-state index is 9.84. The fourth-order valence-corrected chi connectivity index (χ4v) is 2.33. The van der Waals surface area contributed by atoms with Crippen LogP contribution in [-0.4, -0.2) is 11.2 Å². The minimum Gasteiger partial charge on any atom is -0.393 e. The van der Waals surface area contributed by atoms with E-state index in [1.165, 1.54) is 38.5 Å². The van der Waals surface area contributed by atoms with Gasteiger partial charge in [-0.25, -0.2) is 0 Å². The maximum Gasteiger partial charge on any atom is 0.0542 e. The highest BCUT2D eigenvalue weighted by molar-refractivity contribution is 4.64. The Morgan fingerprint density at radius 1 is 0.938 bits per heavy atom. The van der Waals surface area contributed by atoms with E-state index in [1.54, 1.807) is 0 Å². The van der Waals surface area contributed by atoms with Crippen LogP contribution in [0.15, 0.2) is 0 Å². The second kappa shape index (κ2) is 10.1. The van der Waals surface area contributed by atoms with Crippen LogP contribution in [0.3, 0.4) is 0 Å². The van der Waals surface area contributed by atoms with E-state index in [9.17, 15) is 5.11 Å². The van der Waals surface area contributed by atoms with Crippen LogP contribution in [0.5, 0.6) is 0 Å². The van der Waals surface area contributed by atoms with E-state index < -0.39 is 0 Å². The van der Waals surface area contributed by atoms with Crippen LogP contribution in [0.1, 0.15) is 79.1 Å². The summed E-state index contributed by atoms with van der Waals surface area (Å²) in [6.45, 7) is 8.91. The van der Waals surface area contributed by atoms with Crippen molar-refractivity contribution in [3.05, 3.63) is 0 Å². The summed E-state index contributed by atoms with van der Waals surface area (Å²) in [5.41, 5.74) is 0. The molecule has 0 saturated carbocycles. The first-order valence-electron chi connectivity index (χ1n) is 7.28. The Bertz CT molecular complexity index is 142. The third-order valence-corrected chi connectivity index (χ3v) is 3.44. The molecular formula is C15H32O. The van der Waals surface area contributed by atoms with E-state index in [-0.39, 0.29) is 6.10 Å². The summed E-state index contributed by atoms with van der Waals surface area (Å²) in [6, 6.07) is 0. The van der Waals surface area contributed by atoms with Crippen LogP contribution in [0.2, 0.25) is 0 Å². The van der Waals surface area contributed by atoms with E-state index in [1.807, 2.05) is 0 Å². The predicted molar refractivity (Wildman–Crippen MR) is 72.6 cm³/mol. The Morgan fingerprint density at radius 3 is 2.12 bits per heavy atom. The van der Waals surface area contributed by atoms with Crippen LogP contribution in [-0.2, 0) is 0 Å². The Morgan fingerprint density at radius 2 is 1.62 bits per heavy atom. The summed E-state index contributed by atoms with van der Waals surface area (Å²) in [5.74, 6) is 1.46. The van der Waals surface area contributed by atoms with Crippen molar-refractivity contribution in [2.75, 3.05) is 0 Å². The van der Waals surface area contributed by atoms with Gasteiger partial charge in [0.15, 0.2) is 0 Å². The second-order valence-electron chi connectivity index (χ2n) is 5.63. The summed E-state index contributed by atoms with van der Waals surface area (Å²) < 4.78 is 0. The summed E-state index contributed by atoms with van der Waals surface area (Å²) >= 11 is 0. The molecule has 0 saturated heterocycles. The van der Waals surface area contributed by atoms with E-state index in [4.69, 9.17) is 0 Å². The van der Waals surface area contributed by atoms with Crippen molar-refractivity contribution in [3.63, 3.8) is 0 Å². The van der Waals surface area contributed by atoms with Crippen molar-refractivity contribution in [3.8, 4) is 0 Å². The molecule has 2 atom stereocenters. The molecule has 0 radical (unpaired) electrons. The van der Waals surface area contributed by atoms with E-state index in [0.29, 0.717) is 5.92 Å². The Balaban J connectivity index is 3.60. The highest BCUT2D eigenvalue weighted by Crippen LogP contribution is 2.21. The molecule has 0 fully saturated rings. The molecule has 2 unspecified atom stereocenters. The van der Waals surface area contributed by atoms with Gasteiger partial charge in [-0.2, -0.15) is 0 Å². The first kappa shape index (κ1) is 16.0. The van der Waals surface area contributed by atoms with Crippen molar-refractivity contribution < 1.29 is 5.11 Å². The smallest absolute Gasteiger partial charge is 0.0542 e. The second-order valence-corrected chi connectivity index (χ2v) is 5.63. The van der Waals surface area contributed by atoms with Crippen molar-refractivity contribution in [2.24, 2.45) is 11.8 Å². The number of unbranched alkanes of at least 4 members (excludes halogenated alkanes) is 2. The third kappa shape index (κ3) is 9.21. The normalized spacial score (nSPS) is 15.4.